The van der Waals surface area contributed by atoms with Gasteiger partial charge < -0.3 is 0 Å². The van der Waals surface area contributed by atoms with Crippen LogP contribution >= 0.6 is 11.8 Å². The van der Waals surface area contributed by atoms with Crippen molar-refractivity contribution in [1.82, 2.24) is 0 Å². The fourth-order valence-corrected chi connectivity index (χ4v) is 1.55. The summed E-state index contributed by atoms with van der Waals surface area (Å²) in [5, 5.41) is 0. The molecule has 0 aromatic heterocycles. The Morgan fingerprint density at radius 2 is 2.20 bits per heavy atom. The number of hydrogen-bond donors (Lipinski definition) is 0. The Labute approximate surface area is 68.4 Å². The van der Waals surface area contributed by atoms with Crippen molar-refractivity contribution < 1.29 is 0 Å². The van der Waals surface area contributed by atoms with E-state index in [9.17, 15) is 0 Å². The Kier molecular flexibility index (Phi) is 6.83. The van der Waals surface area contributed by atoms with Gasteiger partial charge in [0, 0.05) is 0 Å². The lowest BCUT2D eigenvalue weighted by atomic mass is 10.3. The van der Waals surface area contributed by atoms with E-state index in [2.05, 4.69) is 20.1 Å². The molecule has 0 nitrogen and oxygen atoms in total. The summed E-state index contributed by atoms with van der Waals surface area (Å²) in [5.41, 5.74) is 1.28. The minimum Gasteiger partial charge on any atom is -0.161 e. The molecule has 0 saturated carbocycles. The van der Waals surface area contributed by atoms with Crippen LogP contribution in [0.3, 0.4) is 0 Å². The molecule has 10 heavy (non-hydrogen) atoms. The number of thioether (sulfide) groups is 1. The van der Waals surface area contributed by atoms with Crippen LogP contribution in [0.2, 0.25) is 0 Å². The van der Waals surface area contributed by atoms with Crippen LogP contribution in [-0.4, -0.2) is 11.5 Å². The highest BCUT2D eigenvalue weighted by Crippen LogP contribution is 2.07. The van der Waals surface area contributed by atoms with Crippen LogP contribution in [-0.2, 0) is 0 Å². The van der Waals surface area contributed by atoms with Gasteiger partial charge in [-0.05, 0) is 31.3 Å². The van der Waals surface area contributed by atoms with Gasteiger partial charge in [-0.2, -0.15) is 11.8 Å². The lowest BCUT2D eigenvalue weighted by Gasteiger charge is -1.97. The highest BCUT2D eigenvalue weighted by molar-refractivity contribution is 7.99. The quantitative estimate of drug-likeness (QED) is 0.420. The molecule has 0 aliphatic heterocycles. The summed E-state index contributed by atoms with van der Waals surface area (Å²) >= 11 is 1.97. The molecule has 0 fully saturated rings. The Balaban J connectivity index is 2.90. The van der Waals surface area contributed by atoms with Crippen LogP contribution in [0.15, 0.2) is 24.8 Å². The van der Waals surface area contributed by atoms with E-state index in [1.807, 2.05) is 17.8 Å². The third-order valence-corrected chi connectivity index (χ3v) is 2.16. The van der Waals surface area contributed by atoms with Gasteiger partial charge in [0.2, 0.25) is 0 Å². The summed E-state index contributed by atoms with van der Waals surface area (Å²) in [4.78, 5) is 0. The minimum absolute atomic E-state index is 1.13. The zero-order chi connectivity index (χ0) is 7.82. The average molecular weight is 156 g/mol. The second kappa shape index (κ2) is 6.94. The van der Waals surface area contributed by atoms with Crippen LogP contribution in [0.4, 0.5) is 0 Å². The molecule has 0 saturated heterocycles. The molecule has 0 unspecified atom stereocenters. The van der Waals surface area contributed by atoms with Crippen molar-refractivity contribution in [1.29, 1.82) is 0 Å². The normalized spacial score (nSPS) is 9.30. The lowest BCUT2D eigenvalue weighted by Crippen LogP contribution is -1.82. The molecule has 0 aliphatic rings. The van der Waals surface area contributed by atoms with Gasteiger partial charge in [0.05, 0.1) is 0 Å². The van der Waals surface area contributed by atoms with Crippen molar-refractivity contribution in [3.05, 3.63) is 24.8 Å². The van der Waals surface area contributed by atoms with Gasteiger partial charge in [-0.25, -0.2) is 0 Å². The van der Waals surface area contributed by atoms with E-state index in [1.165, 1.54) is 17.1 Å². The second-order valence-corrected chi connectivity index (χ2v) is 3.62. The minimum atomic E-state index is 1.13. The van der Waals surface area contributed by atoms with E-state index >= 15 is 0 Å². The maximum absolute atomic E-state index is 3.84. The third-order valence-electron chi connectivity index (χ3n) is 1.14. The largest absolute Gasteiger partial charge is 0.161 e. The number of hydrogen-bond acceptors (Lipinski definition) is 1. The first-order valence-corrected chi connectivity index (χ1v) is 4.76. The molecule has 0 aromatic rings. The van der Waals surface area contributed by atoms with Crippen molar-refractivity contribution >= 4 is 11.8 Å². The monoisotopic (exact) mass is 156 g/mol. The highest BCUT2D eigenvalue weighted by Gasteiger charge is 1.87. The van der Waals surface area contributed by atoms with E-state index in [4.69, 9.17) is 0 Å². The van der Waals surface area contributed by atoms with Crippen LogP contribution < -0.4 is 0 Å². The van der Waals surface area contributed by atoms with Gasteiger partial charge in [-0.3, -0.25) is 0 Å². The molecule has 58 valence electrons. The molecule has 0 aromatic carbocycles. The average Bonchev–Trinajstić information content (AvgIpc) is 1.87. The summed E-state index contributed by atoms with van der Waals surface area (Å²) in [6, 6.07) is 0. The zero-order valence-corrected chi connectivity index (χ0v) is 7.54. The third kappa shape index (κ3) is 7.83. The maximum atomic E-state index is 3.84. The van der Waals surface area contributed by atoms with E-state index < -0.39 is 0 Å². The van der Waals surface area contributed by atoms with Crippen LogP contribution in [0.1, 0.15) is 19.8 Å². The topological polar surface area (TPSA) is 0 Å². The highest BCUT2D eigenvalue weighted by atomic mass is 32.2. The zero-order valence-electron chi connectivity index (χ0n) is 6.73. The predicted molar refractivity (Wildman–Crippen MR) is 51.6 cm³/mol. The van der Waals surface area contributed by atoms with Crippen molar-refractivity contribution in [2.75, 3.05) is 11.5 Å². The summed E-state index contributed by atoms with van der Waals surface area (Å²) < 4.78 is 0. The molecular formula is C9H16S. The fraction of sp³-hybridized carbons (Fsp3) is 0.556. The molecule has 0 bridgehead atoms. The first-order valence-electron chi connectivity index (χ1n) is 3.60. The summed E-state index contributed by atoms with van der Waals surface area (Å²) in [5.74, 6) is 2.42. The predicted octanol–water partition coefficient (Wildman–Crippen LogP) is 3.26. The number of rotatable bonds is 6. The van der Waals surface area contributed by atoms with Gasteiger partial charge in [-0.15, -0.1) is 13.2 Å². The molecule has 0 N–H and O–H groups in total. The van der Waals surface area contributed by atoms with E-state index in [0.717, 1.165) is 12.8 Å². The molecule has 0 spiro atoms. The molecule has 0 rings (SSSR count). The molecule has 0 heterocycles. The summed E-state index contributed by atoms with van der Waals surface area (Å²) in [6.07, 6.45) is 4.25. The lowest BCUT2D eigenvalue weighted by molar-refractivity contribution is 1.12. The molecule has 0 radical (unpaired) electrons. The smallest absolute Gasteiger partial charge is 0.00303 e. The van der Waals surface area contributed by atoms with Crippen LogP contribution in [0.25, 0.3) is 0 Å². The first-order chi connectivity index (χ1) is 4.77. The van der Waals surface area contributed by atoms with E-state index in [0.29, 0.717) is 0 Å². The maximum Gasteiger partial charge on any atom is -0.00303 e. The van der Waals surface area contributed by atoms with Crippen molar-refractivity contribution in [2.24, 2.45) is 0 Å². The van der Waals surface area contributed by atoms with Crippen molar-refractivity contribution in [3.63, 3.8) is 0 Å². The van der Waals surface area contributed by atoms with E-state index in [-0.39, 0.29) is 0 Å². The van der Waals surface area contributed by atoms with Crippen LogP contribution in [0.5, 0.6) is 0 Å². The second-order valence-electron chi connectivity index (χ2n) is 2.40. The van der Waals surface area contributed by atoms with Gasteiger partial charge >= 0.3 is 0 Å². The van der Waals surface area contributed by atoms with Crippen molar-refractivity contribution in [3.8, 4) is 0 Å². The molecular weight excluding hydrogens is 140 g/mol. The van der Waals surface area contributed by atoms with Gasteiger partial charge in [0.15, 0.2) is 0 Å². The number of allylic oxidation sites excluding steroid dienone is 2. The molecule has 0 atom stereocenters. The van der Waals surface area contributed by atoms with Crippen molar-refractivity contribution in [2.45, 2.75) is 19.8 Å². The fourth-order valence-electron chi connectivity index (χ4n) is 0.515. The molecule has 1 heteroatoms. The molecule has 0 amide bonds. The van der Waals surface area contributed by atoms with Crippen LogP contribution in [0, 0.1) is 0 Å². The Bertz CT molecular complexity index is 105. The Hall–Kier alpha value is -0.170. The Morgan fingerprint density at radius 1 is 1.50 bits per heavy atom. The van der Waals surface area contributed by atoms with E-state index in [1.54, 1.807) is 0 Å². The SMILES string of the molecule is C=CCCSCCC(=C)C. The summed E-state index contributed by atoms with van der Waals surface area (Å²) in [7, 11) is 0. The van der Waals surface area contributed by atoms with Gasteiger partial charge in [0.1, 0.15) is 0 Å². The standard InChI is InChI=1S/C9H16S/c1-4-5-7-10-8-6-9(2)3/h4H,1-2,5-8H2,3H3. The van der Waals surface area contributed by atoms with Gasteiger partial charge in [0.25, 0.3) is 0 Å². The van der Waals surface area contributed by atoms with Gasteiger partial charge in [-0.1, -0.05) is 11.6 Å². The summed E-state index contributed by atoms with van der Waals surface area (Å²) in [6.45, 7) is 9.58. The molecule has 0 aliphatic carbocycles. The Morgan fingerprint density at radius 3 is 2.70 bits per heavy atom. The first kappa shape index (κ1) is 9.83.